The molecule has 0 saturated heterocycles. The van der Waals surface area contributed by atoms with Crippen molar-refractivity contribution < 1.29 is 42.5 Å². The van der Waals surface area contributed by atoms with Crippen LogP contribution in [-0.2, 0) is 54.5 Å². The number of guanidine groups is 4. The van der Waals surface area contributed by atoms with Gasteiger partial charge in [0, 0.05) is 33.6 Å². The minimum Gasteiger partial charge on any atom is -0.489 e. The smallest absolute Gasteiger partial charge is 0.239 e. The van der Waals surface area contributed by atoms with Crippen molar-refractivity contribution >= 4 is 74.7 Å². The van der Waals surface area contributed by atoms with Crippen molar-refractivity contribution in [3.05, 3.63) is 277 Å². The van der Waals surface area contributed by atoms with E-state index in [9.17, 15) is 29.7 Å². The van der Waals surface area contributed by atoms with Crippen LogP contribution >= 0.6 is 27.3 Å². The Kier molecular flexibility index (Phi) is 22.4. The maximum atomic E-state index is 13.3. The quantitative estimate of drug-likeness (QED) is 0.0785. The minimum atomic E-state index is -0.951. The first-order valence-corrected chi connectivity index (χ1v) is 36.3. The number of fused-ring (bicyclic) bond motifs is 1. The molecular formula is C82H78BrN17O9S. The summed E-state index contributed by atoms with van der Waals surface area (Å²) in [6, 6.07) is 62.6. The van der Waals surface area contributed by atoms with Gasteiger partial charge in [0.15, 0.2) is 41.1 Å². The number of hydrogen-bond donors (Lipinski definition) is 4. The van der Waals surface area contributed by atoms with Crippen molar-refractivity contribution in [2.75, 3.05) is 35.0 Å². The third-order valence-electron chi connectivity index (χ3n) is 19.7. The molecule has 3 aromatic heterocycles. The van der Waals surface area contributed by atoms with E-state index >= 15 is 0 Å². The third-order valence-corrected chi connectivity index (χ3v) is 21.5. The molecule has 0 fully saturated rings. The SMILES string of the molecule is CN1C(=O)C[C@@](C)(c2cncc(-c3ccco3)n2)N=C1N.CN1C(=O)[C@@H](c2ccc(OCc3ccccc3)cc2)[C@@](C)(c2cccc(C#N)c2)N=C1N.CN1C(=O)[C@H](c2ccc(OCc3ccccc3)cc2)[C@@](C)(c2cccc(C#N)c2)N=C1N.CN1C(=O)[C@H](c2ccc3c(c2)OCO3)[C@@](C)(c2nc(Br)cs2)N=C1N. The molecule has 558 valence electrons. The summed E-state index contributed by atoms with van der Waals surface area (Å²) in [5.74, 6) is 1.68. The second-order valence-electron chi connectivity index (χ2n) is 27.1. The normalized spacial score (nSPS) is 21.9. The molecule has 15 rings (SSSR count). The number of likely N-dealkylation sites (N-methyl/N-ethyl adjacent to an activating group) is 3. The number of furan rings is 1. The van der Waals surface area contributed by atoms with Crippen LogP contribution in [0.5, 0.6) is 23.0 Å². The van der Waals surface area contributed by atoms with Crippen molar-refractivity contribution in [1.29, 1.82) is 10.5 Å². The number of aromatic nitrogens is 3. The second kappa shape index (κ2) is 32.2. The number of amides is 4. The van der Waals surface area contributed by atoms with Gasteiger partial charge in [0.2, 0.25) is 30.4 Å². The number of benzene rings is 7. The lowest BCUT2D eigenvalue weighted by atomic mass is 9.74. The molecule has 7 atom stereocenters. The lowest BCUT2D eigenvalue weighted by Gasteiger charge is -2.41. The molecule has 28 heteroatoms. The molecule has 0 bridgehead atoms. The van der Waals surface area contributed by atoms with Gasteiger partial charge in [-0.15, -0.1) is 11.3 Å². The standard InChI is InChI=1S/2C26H24N4O2.C16H15BrN4O3S.C14H15N5O2/c2*1-26(21-10-6-9-19(15-21)16-27)23(24(31)30(2)25(28)29-26)20-11-13-22(14-12-20)32-17-18-7-4-3-5-8-18;1-16(14-19-11(17)6-25-14)12(13(22)21(2)15(18)20-16)8-3-4-9-10(5-8)24-7-23-9;1-14(6-12(20)19(2)13(15)18-14)11-8-16-7-9(17-11)10-4-3-5-21-10/h2*3-15,23H,17H2,1-2H3,(H2,28,29);3-6,12H,7H2,1-2H3,(H2,18,20);3-5,7-8H,6H2,1-2H3,(H2,15,18)/t23-,26+;23-,26-;12-,16-;14-/m0100/s1. The fourth-order valence-corrected chi connectivity index (χ4v) is 14.8. The van der Waals surface area contributed by atoms with E-state index in [0.717, 1.165) is 38.9 Å². The predicted molar refractivity (Wildman–Crippen MR) is 419 cm³/mol. The fraction of sp³-hybridized carbons (Fsp3) is 0.232. The highest BCUT2D eigenvalue weighted by Crippen LogP contribution is 2.49. The summed E-state index contributed by atoms with van der Waals surface area (Å²) in [6.45, 7) is 8.57. The number of thiazole rings is 1. The Morgan fingerprint density at radius 1 is 0.527 bits per heavy atom. The van der Waals surface area contributed by atoms with E-state index in [2.05, 4.69) is 53.0 Å². The molecule has 10 aromatic rings. The van der Waals surface area contributed by atoms with Gasteiger partial charge in [-0.3, -0.25) is 43.8 Å². The molecule has 0 saturated carbocycles. The second-order valence-corrected chi connectivity index (χ2v) is 28.8. The van der Waals surface area contributed by atoms with E-state index in [1.54, 1.807) is 95.4 Å². The van der Waals surface area contributed by atoms with Crippen LogP contribution in [0.3, 0.4) is 0 Å². The maximum absolute atomic E-state index is 13.3. The van der Waals surface area contributed by atoms with Gasteiger partial charge in [0.1, 0.15) is 62.2 Å². The molecule has 8 N–H and O–H groups in total. The first-order chi connectivity index (χ1) is 52.7. The number of nitrogens with two attached hydrogens (primary N) is 4. The molecule has 5 aliphatic heterocycles. The monoisotopic (exact) mass is 1560 g/mol. The van der Waals surface area contributed by atoms with Crippen LogP contribution in [0.25, 0.3) is 11.5 Å². The summed E-state index contributed by atoms with van der Waals surface area (Å²) in [7, 11) is 6.47. The molecular weight excluding hydrogens is 1480 g/mol. The molecule has 0 radical (unpaired) electrons. The van der Waals surface area contributed by atoms with Crippen molar-refractivity contribution in [3.63, 3.8) is 0 Å². The Morgan fingerprint density at radius 2 is 1.00 bits per heavy atom. The minimum absolute atomic E-state index is 0.102. The van der Waals surface area contributed by atoms with Gasteiger partial charge in [-0.25, -0.2) is 29.9 Å². The highest BCUT2D eigenvalue weighted by Gasteiger charge is 2.51. The van der Waals surface area contributed by atoms with Crippen molar-refractivity contribution in [3.8, 4) is 46.6 Å². The van der Waals surface area contributed by atoms with Gasteiger partial charge in [0.05, 0.1) is 71.8 Å². The highest BCUT2D eigenvalue weighted by molar-refractivity contribution is 9.10. The lowest BCUT2D eigenvalue weighted by molar-refractivity contribution is -0.131. The van der Waals surface area contributed by atoms with Crippen LogP contribution in [0.1, 0.15) is 113 Å². The fourth-order valence-electron chi connectivity index (χ4n) is 13.4. The highest BCUT2D eigenvalue weighted by atomic mass is 79.9. The first-order valence-electron chi connectivity index (χ1n) is 34.7. The molecule has 7 aromatic carbocycles. The van der Waals surface area contributed by atoms with E-state index in [-0.39, 0.29) is 60.7 Å². The van der Waals surface area contributed by atoms with E-state index in [1.165, 1.54) is 30.9 Å². The zero-order chi connectivity index (χ0) is 78.2. The largest absolute Gasteiger partial charge is 0.489 e. The van der Waals surface area contributed by atoms with Crippen LogP contribution in [0.4, 0.5) is 0 Å². The van der Waals surface area contributed by atoms with E-state index in [0.29, 0.717) is 74.1 Å². The van der Waals surface area contributed by atoms with Gasteiger partial charge < -0.3 is 46.3 Å². The van der Waals surface area contributed by atoms with Crippen LogP contribution in [-0.4, -0.2) is 117 Å². The Hall–Kier alpha value is -13.1. The number of aliphatic imine (C=N–C) groups is 4. The zero-order valence-electron chi connectivity index (χ0n) is 61.4. The number of carbonyl (C=O) groups excluding carboxylic acids is 4. The van der Waals surface area contributed by atoms with E-state index in [1.807, 2.05) is 173 Å². The van der Waals surface area contributed by atoms with Gasteiger partial charge in [0.25, 0.3) is 0 Å². The Labute approximate surface area is 647 Å². The molecule has 0 unspecified atom stereocenters. The van der Waals surface area contributed by atoms with Gasteiger partial charge in [-0.05, 0) is 155 Å². The third kappa shape index (κ3) is 16.0. The van der Waals surface area contributed by atoms with Crippen LogP contribution in [0.2, 0.25) is 0 Å². The first kappa shape index (κ1) is 76.6. The van der Waals surface area contributed by atoms with Crippen molar-refractivity contribution in [1.82, 2.24) is 34.6 Å². The van der Waals surface area contributed by atoms with E-state index in [4.69, 9.17) is 56.3 Å². The zero-order valence-corrected chi connectivity index (χ0v) is 63.8. The molecule has 26 nitrogen and oxygen atoms in total. The summed E-state index contributed by atoms with van der Waals surface area (Å²) in [5, 5.41) is 21.3. The summed E-state index contributed by atoms with van der Waals surface area (Å²) < 4.78 is 28.6. The molecule has 110 heavy (non-hydrogen) atoms. The number of halogens is 1. The molecule has 8 heterocycles. The van der Waals surface area contributed by atoms with Gasteiger partial charge in [-0.2, -0.15) is 10.5 Å². The topological polar surface area (TPSA) is 371 Å². The average Bonchev–Trinajstić information content (AvgIpc) is 0.849. The number of carbonyl (C=O) groups is 4. The number of ether oxygens (including phenoxy) is 4. The summed E-state index contributed by atoms with van der Waals surface area (Å²) in [4.78, 5) is 88.9. The van der Waals surface area contributed by atoms with Gasteiger partial charge in [-0.1, -0.05) is 115 Å². The summed E-state index contributed by atoms with van der Waals surface area (Å²) >= 11 is 4.81. The Bertz CT molecular complexity index is 5110. The number of rotatable bonds is 14. The Morgan fingerprint density at radius 3 is 1.46 bits per heavy atom. The van der Waals surface area contributed by atoms with Crippen molar-refractivity contribution in [2.24, 2.45) is 42.9 Å². The van der Waals surface area contributed by atoms with Gasteiger partial charge >= 0.3 is 0 Å². The lowest BCUT2D eigenvalue weighted by Crippen LogP contribution is -2.52. The summed E-state index contributed by atoms with van der Waals surface area (Å²) in [6.07, 6.45) is 4.97. The van der Waals surface area contributed by atoms with Crippen LogP contribution < -0.4 is 41.9 Å². The summed E-state index contributed by atoms with van der Waals surface area (Å²) in [5.41, 5.74) is 28.6. The Balaban J connectivity index is 0.000000138. The maximum Gasteiger partial charge on any atom is 0.239 e. The van der Waals surface area contributed by atoms with Crippen LogP contribution in [0.15, 0.2) is 241 Å². The predicted octanol–water partition coefficient (Wildman–Crippen LogP) is 11.4. The number of hydrogen-bond acceptors (Lipinski definition) is 23. The molecule has 4 amide bonds. The molecule has 5 aliphatic rings. The average molecular weight is 1560 g/mol. The molecule has 0 spiro atoms. The van der Waals surface area contributed by atoms with Crippen molar-refractivity contribution in [2.45, 2.75) is 87.2 Å². The van der Waals surface area contributed by atoms with Crippen LogP contribution in [0, 0.1) is 22.7 Å². The van der Waals surface area contributed by atoms with E-state index < -0.39 is 39.9 Å². The number of nitriles is 2. The number of nitrogens with zero attached hydrogens (tertiary/aromatic N) is 13. The molecule has 0 aliphatic carbocycles.